The van der Waals surface area contributed by atoms with E-state index in [1.165, 1.54) is 38.9 Å². The third kappa shape index (κ3) is 2.46. The molecule has 1 nitrogen and oxygen atoms in total. The van der Waals surface area contributed by atoms with E-state index in [-0.39, 0.29) is 0 Å². The molecular formula is C15H23GeN. The van der Waals surface area contributed by atoms with Gasteiger partial charge in [0, 0.05) is 0 Å². The van der Waals surface area contributed by atoms with Crippen molar-refractivity contribution in [2.45, 2.75) is 35.0 Å². The summed E-state index contributed by atoms with van der Waals surface area (Å²) in [6.45, 7) is 4.12. The van der Waals surface area contributed by atoms with E-state index in [0.29, 0.717) is 0 Å². The molecule has 1 aromatic rings. The van der Waals surface area contributed by atoms with Gasteiger partial charge in [-0.1, -0.05) is 0 Å². The Balaban J connectivity index is 1.91. The Hall–Kier alpha value is -0.277. The van der Waals surface area contributed by atoms with Crippen LogP contribution in [0.25, 0.3) is 0 Å². The van der Waals surface area contributed by atoms with Crippen LogP contribution in [0, 0.1) is 0 Å². The minimum atomic E-state index is -1.70. The normalized spacial score (nSPS) is 33.8. The number of rotatable bonds is 1. The summed E-state index contributed by atoms with van der Waals surface area (Å²) in [7, 11) is 0. The summed E-state index contributed by atoms with van der Waals surface area (Å²) in [4.78, 5) is 2.70. The number of fused-ring (bicyclic) bond motifs is 6. The van der Waals surface area contributed by atoms with Crippen LogP contribution in [0.1, 0.15) is 19.3 Å². The Morgan fingerprint density at radius 2 is 1.29 bits per heavy atom. The molecule has 0 saturated carbocycles. The monoisotopic (exact) mass is 291 g/mol. The number of nitrogens with zero attached hydrogens (tertiary/aromatic N) is 1. The second kappa shape index (κ2) is 5.15. The predicted octanol–water partition coefficient (Wildman–Crippen LogP) is 2.84. The topological polar surface area (TPSA) is 3.24 Å². The first-order chi connectivity index (χ1) is 8.39. The predicted molar refractivity (Wildman–Crippen MR) is 76.5 cm³/mol. The Labute approximate surface area is 108 Å². The van der Waals surface area contributed by atoms with E-state index in [9.17, 15) is 0 Å². The fourth-order valence-electron chi connectivity index (χ4n) is 3.86. The molecule has 17 heavy (non-hydrogen) atoms. The number of hydrogen-bond acceptors (Lipinski definition) is 1. The van der Waals surface area contributed by atoms with Gasteiger partial charge in [-0.3, -0.25) is 0 Å². The van der Waals surface area contributed by atoms with Gasteiger partial charge in [0.25, 0.3) is 0 Å². The Morgan fingerprint density at radius 1 is 0.765 bits per heavy atom. The van der Waals surface area contributed by atoms with Gasteiger partial charge in [0.1, 0.15) is 0 Å². The Kier molecular flexibility index (Phi) is 3.57. The van der Waals surface area contributed by atoms with Gasteiger partial charge in [0.15, 0.2) is 0 Å². The van der Waals surface area contributed by atoms with Crippen molar-refractivity contribution < 1.29 is 0 Å². The summed E-state index contributed by atoms with van der Waals surface area (Å²) in [5.74, 6) is 0. The van der Waals surface area contributed by atoms with Crippen LogP contribution in [0.5, 0.6) is 0 Å². The summed E-state index contributed by atoms with van der Waals surface area (Å²) in [5.41, 5.74) is 0. The maximum absolute atomic E-state index is 2.70. The van der Waals surface area contributed by atoms with Crippen LogP contribution in [-0.2, 0) is 0 Å². The molecule has 3 saturated heterocycles. The van der Waals surface area contributed by atoms with Crippen LogP contribution in [-0.4, -0.2) is 37.8 Å². The quantitative estimate of drug-likeness (QED) is 0.719. The molecule has 3 heterocycles. The van der Waals surface area contributed by atoms with E-state index in [4.69, 9.17) is 0 Å². The maximum atomic E-state index is 2.70. The van der Waals surface area contributed by atoms with Crippen LogP contribution in [0.2, 0.25) is 15.8 Å². The zero-order valence-electron chi connectivity index (χ0n) is 10.7. The third-order valence-electron chi connectivity index (χ3n) is 4.78. The molecule has 0 radical (unpaired) electrons. The summed E-state index contributed by atoms with van der Waals surface area (Å²) in [5, 5.41) is 4.75. The van der Waals surface area contributed by atoms with Crippen molar-refractivity contribution in [3.63, 3.8) is 0 Å². The van der Waals surface area contributed by atoms with Crippen LogP contribution in [0.4, 0.5) is 0 Å². The van der Waals surface area contributed by atoms with Crippen molar-refractivity contribution in [1.29, 1.82) is 0 Å². The summed E-state index contributed by atoms with van der Waals surface area (Å²) in [6.07, 6.45) is 4.40. The Morgan fingerprint density at radius 3 is 1.82 bits per heavy atom. The average molecular weight is 290 g/mol. The van der Waals surface area contributed by atoms with Gasteiger partial charge >= 0.3 is 108 Å². The van der Waals surface area contributed by atoms with Crippen LogP contribution < -0.4 is 4.40 Å². The van der Waals surface area contributed by atoms with E-state index in [1.54, 1.807) is 20.2 Å². The van der Waals surface area contributed by atoms with Crippen LogP contribution in [0.15, 0.2) is 30.3 Å². The summed E-state index contributed by atoms with van der Waals surface area (Å²) >= 11 is -1.70. The van der Waals surface area contributed by atoms with Gasteiger partial charge in [0.05, 0.1) is 0 Å². The van der Waals surface area contributed by atoms with Crippen molar-refractivity contribution in [2.24, 2.45) is 0 Å². The molecule has 2 heteroatoms. The molecule has 2 bridgehead atoms. The molecular weight excluding hydrogens is 267 g/mol. The standard InChI is InChI=1S/C15H23GeN/c1-2-7-15(8-3-1)16-9-4-12-17(13-5-10-16)14-6-11-16/h1-3,7-8H,4-6,9-14H2. The van der Waals surface area contributed by atoms with E-state index >= 15 is 0 Å². The SMILES string of the molecule is c1cc[c]([Ge]23[CH2]CCN(CC[CH2]2)CC[CH2]3)cc1. The zero-order valence-corrected chi connectivity index (χ0v) is 12.8. The third-order valence-corrected chi connectivity index (χ3v) is 16.3. The van der Waals surface area contributed by atoms with Crippen LogP contribution >= 0.6 is 0 Å². The fourth-order valence-corrected chi connectivity index (χ4v) is 14.4. The molecule has 0 unspecified atom stereocenters. The number of benzene rings is 1. The van der Waals surface area contributed by atoms with Crippen molar-refractivity contribution in [1.82, 2.24) is 4.90 Å². The second-order valence-corrected chi connectivity index (χ2v) is 15.5. The summed E-state index contributed by atoms with van der Waals surface area (Å²) in [6, 6.07) is 11.6. The van der Waals surface area contributed by atoms with Crippen molar-refractivity contribution in [2.75, 3.05) is 19.6 Å². The molecule has 3 aliphatic rings. The number of hydrogen-bond donors (Lipinski definition) is 0. The molecule has 1 aromatic carbocycles. The van der Waals surface area contributed by atoms with E-state index in [0.717, 1.165) is 0 Å². The minimum absolute atomic E-state index is 1.37. The van der Waals surface area contributed by atoms with Gasteiger partial charge in [-0.05, 0) is 0 Å². The van der Waals surface area contributed by atoms with Crippen LogP contribution in [0.3, 0.4) is 0 Å². The van der Waals surface area contributed by atoms with E-state index < -0.39 is 13.3 Å². The van der Waals surface area contributed by atoms with E-state index in [2.05, 4.69) is 35.2 Å². The molecule has 0 atom stereocenters. The Bertz CT molecular complexity index is 336. The molecule has 4 rings (SSSR count). The molecule has 0 amide bonds. The van der Waals surface area contributed by atoms with Gasteiger partial charge < -0.3 is 0 Å². The van der Waals surface area contributed by atoms with Crippen molar-refractivity contribution in [3.8, 4) is 0 Å². The van der Waals surface area contributed by atoms with Gasteiger partial charge in [-0.15, -0.1) is 0 Å². The molecule has 0 aliphatic carbocycles. The van der Waals surface area contributed by atoms with Crippen molar-refractivity contribution in [3.05, 3.63) is 30.3 Å². The van der Waals surface area contributed by atoms with Gasteiger partial charge in [0.2, 0.25) is 0 Å². The molecule has 0 N–H and O–H groups in total. The van der Waals surface area contributed by atoms with Gasteiger partial charge in [-0.2, -0.15) is 0 Å². The second-order valence-electron chi connectivity index (χ2n) is 5.80. The first-order valence-corrected chi connectivity index (χ1v) is 12.7. The van der Waals surface area contributed by atoms with Crippen molar-refractivity contribution >= 4 is 17.7 Å². The average Bonchev–Trinajstić information content (AvgIpc) is 2.28. The molecule has 3 fully saturated rings. The first-order valence-electron chi connectivity index (χ1n) is 7.17. The molecule has 92 valence electrons. The zero-order chi connectivity index (χ0) is 11.6. The molecule has 0 aromatic heterocycles. The molecule has 0 spiro atoms. The van der Waals surface area contributed by atoms with Gasteiger partial charge in [-0.25, -0.2) is 0 Å². The summed E-state index contributed by atoms with van der Waals surface area (Å²) < 4.78 is 1.79. The first kappa shape index (κ1) is 11.8. The molecule has 3 aliphatic heterocycles. The fraction of sp³-hybridized carbons (Fsp3) is 0.600. The van der Waals surface area contributed by atoms with E-state index in [1.807, 2.05) is 0 Å².